The highest BCUT2D eigenvalue weighted by Gasteiger charge is 2.07. The zero-order chi connectivity index (χ0) is 13.7. The lowest BCUT2D eigenvalue weighted by Gasteiger charge is -2.04. The molecule has 0 heterocycles. The number of nitrogens with one attached hydrogen (secondary N) is 1. The molecule has 2 aromatic rings. The zero-order valence-electron chi connectivity index (χ0n) is 10.5. The van der Waals surface area contributed by atoms with Gasteiger partial charge in [-0.05, 0) is 30.2 Å². The molecular formula is C15H14N2O2. The van der Waals surface area contributed by atoms with Crippen molar-refractivity contribution in [3.05, 3.63) is 65.2 Å². The van der Waals surface area contributed by atoms with E-state index in [0.29, 0.717) is 5.69 Å². The van der Waals surface area contributed by atoms with Gasteiger partial charge in [-0.3, -0.25) is 5.43 Å². The maximum absolute atomic E-state index is 11.0. The van der Waals surface area contributed by atoms with E-state index in [9.17, 15) is 4.79 Å². The lowest BCUT2D eigenvalue weighted by molar-refractivity contribution is 0.0698. The SMILES string of the molecule is Cc1ccccc1/C=N/Nc1ccccc1C(=O)O. The van der Waals surface area contributed by atoms with Gasteiger partial charge in [0.15, 0.2) is 0 Å². The summed E-state index contributed by atoms with van der Waals surface area (Å²) in [5, 5.41) is 13.1. The largest absolute Gasteiger partial charge is 0.478 e. The summed E-state index contributed by atoms with van der Waals surface area (Å²) in [6, 6.07) is 14.5. The molecule has 96 valence electrons. The van der Waals surface area contributed by atoms with Crippen LogP contribution in [0, 0.1) is 6.92 Å². The molecule has 0 aliphatic heterocycles. The van der Waals surface area contributed by atoms with Crippen LogP contribution in [0.25, 0.3) is 0 Å². The normalized spacial score (nSPS) is 10.6. The Labute approximate surface area is 111 Å². The van der Waals surface area contributed by atoms with Gasteiger partial charge in [0.2, 0.25) is 0 Å². The van der Waals surface area contributed by atoms with Gasteiger partial charge in [-0.1, -0.05) is 36.4 Å². The van der Waals surface area contributed by atoms with E-state index in [-0.39, 0.29) is 5.56 Å². The molecule has 0 unspecified atom stereocenters. The van der Waals surface area contributed by atoms with Crippen molar-refractivity contribution in [3.8, 4) is 0 Å². The molecule has 19 heavy (non-hydrogen) atoms. The van der Waals surface area contributed by atoms with Crippen LogP contribution in [-0.4, -0.2) is 17.3 Å². The third-order valence-corrected chi connectivity index (χ3v) is 2.73. The molecule has 2 rings (SSSR count). The van der Waals surface area contributed by atoms with Gasteiger partial charge in [0.05, 0.1) is 17.5 Å². The monoisotopic (exact) mass is 254 g/mol. The fourth-order valence-corrected chi connectivity index (χ4v) is 1.67. The van der Waals surface area contributed by atoms with Gasteiger partial charge >= 0.3 is 5.97 Å². The molecule has 0 amide bonds. The Morgan fingerprint density at radius 3 is 2.58 bits per heavy atom. The second kappa shape index (κ2) is 5.82. The molecule has 2 aromatic carbocycles. The molecular weight excluding hydrogens is 240 g/mol. The van der Waals surface area contributed by atoms with Crippen molar-refractivity contribution in [2.45, 2.75) is 6.92 Å². The summed E-state index contributed by atoms with van der Waals surface area (Å²) in [5.41, 5.74) is 5.53. The summed E-state index contributed by atoms with van der Waals surface area (Å²) < 4.78 is 0. The third-order valence-electron chi connectivity index (χ3n) is 2.73. The Morgan fingerprint density at radius 2 is 1.84 bits per heavy atom. The van der Waals surface area contributed by atoms with Gasteiger partial charge in [0.1, 0.15) is 0 Å². The summed E-state index contributed by atoms with van der Waals surface area (Å²) in [6.07, 6.45) is 1.67. The van der Waals surface area contributed by atoms with Crippen LogP contribution in [0.1, 0.15) is 21.5 Å². The van der Waals surface area contributed by atoms with E-state index in [1.807, 2.05) is 31.2 Å². The van der Waals surface area contributed by atoms with E-state index in [1.54, 1.807) is 24.4 Å². The minimum absolute atomic E-state index is 0.199. The predicted octanol–water partition coefficient (Wildman–Crippen LogP) is 3.14. The summed E-state index contributed by atoms with van der Waals surface area (Å²) in [4.78, 5) is 11.0. The van der Waals surface area contributed by atoms with Gasteiger partial charge in [-0.25, -0.2) is 4.79 Å². The summed E-state index contributed by atoms with van der Waals surface area (Å²) >= 11 is 0. The first-order valence-corrected chi connectivity index (χ1v) is 5.85. The molecule has 0 bridgehead atoms. The topological polar surface area (TPSA) is 61.7 Å². The number of aromatic carboxylic acids is 1. The van der Waals surface area contributed by atoms with Gasteiger partial charge in [0, 0.05) is 0 Å². The minimum Gasteiger partial charge on any atom is -0.478 e. The number of rotatable bonds is 4. The van der Waals surface area contributed by atoms with Crippen molar-refractivity contribution < 1.29 is 9.90 Å². The molecule has 0 aliphatic rings. The maximum Gasteiger partial charge on any atom is 0.337 e. The van der Waals surface area contributed by atoms with Crippen LogP contribution >= 0.6 is 0 Å². The number of hydrogen-bond acceptors (Lipinski definition) is 3. The average molecular weight is 254 g/mol. The zero-order valence-corrected chi connectivity index (χ0v) is 10.5. The van der Waals surface area contributed by atoms with E-state index >= 15 is 0 Å². The first-order valence-electron chi connectivity index (χ1n) is 5.85. The number of para-hydroxylation sites is 1. The second-order valence-electron chi connectivity index (χ2n) is 4.08. The van der Waals surface area contributed by atoms with E-state index in [4.69, 9.17) is 5.11 Å². The Hall–Kier alpha value is -2.62. The minimum atomic E-state index is -0.978. The molecule has 0 atom stereocenters. The Balaban J connectivity index is 2.15. The van der Waals surface area contributed by atoms with Crippen LogP contribution in [0.3, 0.4) is 0 Å². The number of anilines is 1. The first kappa shape index (κ1) is 12.8. The summed E-state index contributed by atoms with van der Waals surface area (Å²) in [6.45, 7) is 1.99. The van der Waals surface area contributed by atoms with Crippen LogP contribution < -0.4 is 5.43 Å². The molecule has 0 fully saturated rings. The van der Waals surface area contributed by atoms with E-state index < -0.39 is 5.97 Å². The Bertz CT molecular complexity index is 621. The van der Waals surface area contributed by atoms with Gasteiger partial charge in [-0.2, -0.15) is 5.10 Å². The van der Waals surface area contributed by atoms with Gasteiger partial charge in [-0.15, -0.1) is 0 Å². The third kappa shape index (κ3) is 3.19. The van der Waals surface area contributed by atoms with Crippen LogP contribution in [-0.2, 0) is 0 Å². The van der Waals surface area contributed by atoms with E-state index in [2.05, 4.69) is 10.5 Å². The van der Waals surface area contributed by atoms with Gasteiger partial charge in [0.25, 0.3) is 0 Å². The molecule has 2 N–H and O–H groups in total. The van der Waals surface area contributed by atoms with Crippen LogP contribution in [0.4, 0.5) is 5.69 Å². The highest BCUT2D eigenvalue weighted by atomic mass is 16.4. The Kier molecular flexibility index (Phi) is 3.93. The van der Waals surface area contributed by atoms with Crippen LogP contribution in [0.2, 0.25) is 0 Å². The van der Waals surface area contributed by atoms with Crippen molar-refractivity contribution in [3.63, 3.8) is 0 Å². The fraction of sp³-hybridized carbons (Fsp3) is 0.0667. The van der Waals surface area contributed by atoms with Crippen molar-refractivity contribution in [1.82, 2.24) is 0 Å². The highest BCUT2D eigenvalue weighted by Crippen LogP contribution is 2.14. The van der Waals surface area contributed by atoms with Gasteiger partial charge < -0.3 is 5.11 Å². The number of hydrogen-bond donors (Lipinski definition) is 2. The molecule has 0 aromatic heterocycles. The summed E-state index contributed by atoms with van der Waals surface area (Å²) in [7, 11) is 0. The maximum atomic E-state index is 11.0. The number of benzene rings is 2. The predicted molar refractivity (Wildman–Crippen MR) is 75.8 cm³/mol. The second-order valence-corrected chi connectivity index (χ2v) is 4.08. The van der Waals surface area contributed by atoms with Crippen molar-refractivity contribution >= 4 is 17.9 Å². The number of carbonyl (C=O) groups is 1. The number of carboxylic acids is 1. The van der Waals surface area contributed by atoms with Crippen LogP contribution in [0.5, 0.6) is 0 Å². The molecule has 4 heteroatoms. The highest BCUT2D eigenvalue weighted by molar-refractivity contribution is 5.94. The molecule has 0 radical (unpaired) electrons. The average Bonchev–Trinajstić information content (AvgIpc) is 2.41. The number of nitrogens with zero attached hydrogens (tertiary/aromatic N) is 1. The fourth-order valence-electron chi connectivity index (χ4n) is 1.67. The molecule has 0 spiro atoms. The molecule has 0 aliphatic carbocycles. The molecule has 0 saturated heterocycles. The van der Waals surface area contributed by atoms with E-state index in [1.165, 1.54) is 6.07 Å². The molecule has 4 nitrogen and oxygen atoms in total. The lowest BCUT2D eigenvalue weighted by atomic mass is 10.1. The van der Waals surface area contributed by atoms with Crippen molar-refractivity contribution in [2.75, 3.05) is 5.43 Å². The lowest BCUT2D eigenvalue weighted by Crippen LogP contribution is -2.02. The first-order chi connectivity index (χ1) is 9.18. The number of hydrazone groups is 1. The van der Waals surface area contributed by atoms with Crippen LogP contribution in [0.15, 0.2) is 53.6 Å². The standard InChI is InChI=1S/C15H14N2O2/c1-11-6-2-3-7-12(11)10-16-17-14-9-5-4-8-13(14)15(18)19/h2-10,17H,1H3,(H,18,19)/b16-10+. The van der Waals surface area contributed by atoms with E-state index in [0.717, 1.165) is 11.1 Å². The Morgan fingerprint density at radius 1 is 1.16 bits per heavy atom. The quantitative estimate of drug-likeness (QED) is 0.651. The molecule has 0 saturated carbocycles. The smallest absolute Gasteiger partial charge is 0.337 e. The number of carboxylic acid groups (broad SMARTS) is 1. The number of aryl methyl sites for hydroxylation is 1. The van der Waals surface area contributed by atoms with Crippen molar-refractivity contribution in [2.24, 2.45) is 5.10 Å². The summed E-state index contributed by atoms with van der Waals surface area (Å²) in [5.74, 6) is -0.978. The van der Waals surface area contributed by atoms with Crippen molar-refractivity contribution in [1.29, 1.82) is 0 Å².